The number of hydrogen-bond donors (Lipinski definition) is 2. The fourth-order valence-corrected chi connectivity index (χ4v) is 3.05. The van der Waals surface area contributed by atoms with Crippen LogP contribution in [0.15, 0.2) is 30.3 Å². The van der Waals surface area contributed by atoms with Gasteiger partial charge in [0.05, 0.1) is 11.5 Å². The number of nitrogens with one attached hydrogen (secondary N) is 1. The fraction of sp³-hybridized carbons (Fsp3) is 0.294. The zero-order valence-electron chi connectivity index (χ0n) is 12.4. The molecule has 2 N–H and O–H groups in total. The fourth-order valence-electron chi connectivity index (χ4n) is 3.05. The number of hydrogen-bond acceptors (Lipinski definition) is 4. The highest BCUT2D eigenvalue weighted by Crippen LogP contribution is 2.31. The van der Waals surface area contributed by atoms with Crippen LogP contribution in [0.5, 0.6) is 5.75 Å². The number of amides is 1. The van der Waals surface area contributed by atoms with Gasteiger partial charge in [0, 0.05) is 25.8 Å². The van der Waals surface area contributed by atoms with Crippen molar-refractivity contribution in [2.24, 2.45) is 5.92 Å². The molecule has 2 aromatic carbocycles. The van der Waals surface area contributed by atoms with Gasteiger partial charge >= 0.3 is 0 Å². The quantitative estimate of drug-likeness (QED) is 0.850. The molecule has 0 radical (unpaired) electrons. The number of benzene rings is 2. The summed E-state index contributed by atoms with van der Waals surface area (Å²) < 4.78 is 0. The van der Waals surface area contributed by atoms with E-state index in [2.05, 4.69) is 10.2 Å². The second-order valence-electron chi connectivity index (χ2n) is 5.57. The molecule has 3 rings (SSSR count). The first kappa shape index (κ1) is 14.4. The molecule has 22 heavy (non-hydrogen) atoms. The molecule has 5 heteroatoms. The second-order valence-corrected chi connectivity index (χ2v) is 5.57. The number of fused-ring (bicyclic) bond motifs is 1. The van der Waals surface area contributed by atoms with E-state index in [-0.39, 0.29) is 17.6 Å². The minimum absolute atomic E-state index is 0.00425. The summed E-state index contributed by atoms with van der Waals surface area (Å²) in [6.45, 7) is 1.47. The van der Waals surface area contributed by atoms with E-state index in [1.807, 2.05) is 18.2 Å². The summed E-state index contributed by atoms with van der Waals surface area (Å²) in [6.07, 6.45) is 1.50. The van der Waals surface area contributed by atoms with Crippen LogP contribution in [-0.2, 0) is 4.79 Å². The first-order chi connectivity index (χ1) is 10.6. The molecular formula is C17H18N2O3. The van der Waals surface area contributed by atoms with E-state index in [0.717, 1.165) is 29.4 Å². The van der Waals surface area contributed by atoms with E-state index in [1.165, 1.54) is 6.07 Å². The monoisotopic (exact) mass is 298 g/mol. The lowest BCUT2D eigenvalue weighted by molar-refractivity contribution is -0.123. The zero-order valence-corrected chi connectivity index (χ0v) is 12.4. The molecule has 114 valence electrons. The topological polar surface area (TPSA) is 69.6 Å². The average Bonchev–Trinajstić information content (AvgIpc) is 3.03. The third kappa shape index (κ3) is 2.39. The molecule has 5 nitrogen and oxygen atoms in total. The number of rotatable bonds is 3. The van der Waals surface area contributed by atoms with Crippen molar-refractivity contribution < 1.29 is 14.7 Å². The molecule has 1 heterocycles. The van der Waals surface area contributed by atoms with E-state index in [1.54, 1.807) is 13.1 Å². The molecule has 1 aliphatic heterocycles. The summed E-state index contributed by atoms with van der Waals surface area (Å²) >= 11 is 0. The van der Waals surface area contributed by atoms with Gasteiger partial charge in [0.2, 0.25) is 5.91 Å². The van der Waals surface area contributed by atoms with Gasteiger partial charge < -0.3 is 15.3 Å². The molecule has 1 unspecified atom stereocenters. The van der Waals surface area contributed by atoms with Gasteiger partial charge in [-0.2, -0.15) is 0 Å². The minimum atomic E-state index is -0.00990. The van der Waals surface area contributed by atoms with Gasteiger partial charge in [0.25, 0.3) is 0 Å². The Morgan fingerprint density at radius 2 is 2.14 bits per heavy atom. The van der Waals surface area contributed by atoms with Crippen LogP contribution >= 0.6 is 0 Å². The van der Waals surface area contributed by atoms with Crippen LogP contribution in [0.25, 0.3) is 10.8 Å². The third-order valence-corrected chi connectivity index (χ3v) is 4.31. The van der Waals surface area contributed by atoms with Crippen LogP contribution in [0.2, 0.25) is 0 Å². The number of anilines is 1. The summed E-state index contributed by atoms with van der Waals surface area (Å²) in [4.78, 5) is 25.1. The minimum Gasteiger partial charge on any atom is -0.507 e. The molecule has 2 aromatic rings. The Bertz CT molecular complexity index is 742. The maximum absolute atomic E-state index is 11.7. The van der Waals surface area contributed by atoms with Crippen molar-refractivity contribution in [2.75, 3.05) is 25.0 Å². The number of phenolic OH excluding ortho intramolecular Hbond substituents is 1. The number of aromatic hydroxyl groups is 1. The van der Waals surface area contributed by atoms with Crippen molar-refractivity contribution in [1.82, 2.24) is 5.32 Å². The number of phenols is 1. The number of carbonyl (C=O) groups excluding carboxylic acids is 2. The van der Waals surface area contributed by atoms with Gasteiger partial charge in [0.1, 0.15) is 5.75 Å². The van der Waals surface area contributed by atoms with Crippen LogP contribution < -0.4 is 10.2 Å². The Hall–Kier alpha value is -2.56. The smallest absolute Gasteiger partial charge is 0.224 e. The maximum atomic E-state index is 11.7. The van der Waals surface area contributed by atoms with Gasteiger partial charge in [-0.3, -0.25) is 9.59 Å². The number of carbonyl (C=O) groups is 2. The highest BCUT2D eigenvalue weighted by atomic mass is 16.3. The molecule has 1 aliphatic rings. The molecule has 0 bridgehead atoms. The predicted molar refractivity (Wildman–Crippen MR) is 85.4 cm³/mol. The molecule has 0 spiro atoms. The summed E-state index contributed by atoms with van der Waals surface area (Å²) in [7, 11) is 1.65. The van der Waals surface area contributed by atoms with Crippen LogP contribution in [0.4, 0.5) is 5.69 Å². The van der Waals surface area contributed by atoms with Gasteiger partial charge in [-0.25, -0.2) is 0 Å². The molecule has 0 aliphatic carbocycles. The lowest BCUT2D eigenvalue weighted by atomic mass is 10.0. The van der Waals surface area contributed by atoms with Crippen LogP contribution in [0.3, 0.4) is 0 Å². The molecule has 1 fully saturated rings. The molecule has 1 saturated heterocycles. The Kier molecular flexibility index (Phi) is 3.71. The van der Waals surface area contributed by atoms with E-state index in [9.17, 15) is 14.7 Å². The summed E-state index contributed by atoms with van der Waals surface area (Å²) in [5, 5.41) is 14.1. The number of nitrogens with zero attached hydrogens (tertiary/aromatic N) is 1. The molecule has 0 aromatic heterocycles. The zero-order chi connectivity index (χ0) is 15.7. The van der Waals surface area contributed by atoms with Crippen molar-refractivity contribution >= 4 is 28.7 Å². The lowest BCUT2D eigenvalue weighted by Crippen LogP contribution is -2.30. The summed E-state index contributed by atoms with van der Waals surface area (Å²) in [5.41, 5.74) is 1.27. The van der Waals surface area contributed by atoms with Crippen LogP contribution in [-0.4, -0.2) is 37.4 Å². The van der Waals surface area contributed by atoms with Gasteiger partial charge in [-0.1, -0.05) is 12.1 Å². The van der Waals surface area contributed by atoms with Crippen molar-refractivity contribution in [3.05, 3.63) is 35.9 Å². The highest BCUT2D eigenvalue weighted by molar-refractivity contribution is 6.02. The SMILES string of the molecule is CNC(=O)C1CCN(c2ccc3ccc(O)c(C=O)c3c2)C1. The molecular weight excluding hydrogens is 280 g/mol. The molecule has 0 saturated carbocycles. The Labute approximate surface area is 128 Å². The Morgan fingerprint density at radius 1 is 1.36 bits per heavy atom. The third-order valence-electron chi connectivity index (χ3n) is 4.31. The van der Waals surface area contributed by atoms with Gasteiger partial charge in [-0.15, -0.1) is 0 Å². The predicted octanol–water partition coefficient (Wildman–Crippen LogP) is 1.93. The van der Waals surface area contributed by atoms with Crippen LogP contribution in [0.1, 0.15) is 16.8 Å². The lowest BCUT2D eigenvalue weighted by Gasteiger charge is -2.19. The van der Waals surface area contributed by atoms with E-state index in [4.69, 9.17) is 0 Å². The normalized spacial score (nSPS) is 17.7. The standard InChI is InChI=1S/C17H18N2O3/c1-18-17(22)12-6-7-19(9-12)13-4-2-11-3-5-16(21)15(10-20)14(11)8-13/h2-5,8,10,12,21H,6-7,9H2,1H3,(H,18,22). The first-order valence-electron chi connectivity index (χ1n) is 7.31. The number of aldehydes is 1. The maximum Gasteiger partial charge on any atom is 0.224 e. The van der Waals surface area contributed by atoms with E-state index < -0.39 is 0 Å². The van der Waals surface area contributed by atoms with Crippen molar-refractivity contribution in [1.29, 1.82) is 0 Å². The van der Waals surface area contributed by atoms with E-state index >= 15 is 0 Å². The summed E-state index contributed by atoms with van der Waals surface area (Å²) in [5.74, 6) is 0.0502. The van der Waals surface area contributed by atoms with Crippen LogP contribution in [0, 0.1) is 5.92 Å². The first-order valence-corrected chi connectivity index (χ1v) is 7.31. The van der Waals surface area contributed by atoms with E-state index in [0.29, 0.717) is 18.4 Å². The van der Waals surface area contributed by atoms with Gasteiger partial charge in [-0.05, 0) is 35.4 Å². The second kappa shape index (κ2) is 5.67. The average molecular weight is 298 g/mol. The Morgan fingerprint density at radius 3 is 2.86 bits per heavy atom. The van der Waals surface area contributed by atoms with Gasteiger partial charge in [0.15, 0.2) is 6.29 Å². The molecule has 1 atom stereocenters. The van der Waals surface area contributed by atoms with Crippen molar-refractivity contribution in [2.45, 2.75) is 6.42 Å². The van der Waals surface area contributed by atoms with Crippen molar-refractivity contribution in [3.63, 3.8) is 0 Å². The highest BCUT2D eigenvalue weighted by Gasteiger charge is 2.27. The Balaban J connectivity index is 1.96. The summed E-state index contributed by atoms with van der Waals surface area (Å²) in [6, 6.07) is 9.15. The van der Waals surface area contributed by atoms with Crippen molar-refractivity contribution in [3.8, 4) is 5.75 Å². The molecule has 1 amide bonds. The largest absolute Gasteiger partial charge is 0.507 e.